The second-order valence-electron chi connectivity index (χ2n) is 13.3. The molecule has 0 aromatic heterocycles. The minimum Gasteiger partial charge on any atom is -0.458 e. The number of hydrogen-bond donors (Lipinski definition) is 5. The van der Waals surface area contributed by atoms with Gasteiger partial charge in [0, 0.05) is 17.9 Å². The SMILES string of the molecule is C[C@]12CC[C@H](O[C@@H]3OC[C@@H](O)[C@H](O)[C@H]3O)C[C@@]1(O)CC[C@@H]1[C@@H]2CC[C@]2(C)[C@@H](C3=CC(=O)OC3)CC[C@]12O. The molecule has 0 bridgehead atoms. The van der Waals surface area contributed by atoms with E-state index in [1.165, 1.54) is 0 Å². The van der Waals surface area contributed by atoms with Crippen molar-refractivity contribution in [2.75, 3.05) is 13.2 Å². The van der Waals surface area contributed by atoms with Crippen molar-refractivity contribution in [1.82, 2.24) is 0 Å². The molecule has 208 valence electrons. The molecule has 4 saturated carbocycles. The average Bonchev–Trinajstić information content (AvgIpc) is 3.40. The Balaban J connectivity index is 1.19. The molecule has 0 aromatic rings. The highest BCUT2D eigenvalue weighted by molar-refractivity contribution is 5.85. The van der Waals surface area contributed by atoms with Gasteiger partial charge in [-0.25, -0.2) is 4.79 Å². The quantitative estimate of drug-likeness (QED) is 0.272. The summed E-state index contributed by atoms with van der Waals surface area (Å²) in [6.45, 7) is 4.59. The van der Waals surface area contributed by atoms with Crippen LogP contribution in [0.25, 0.3) is 0 Å². The van der Waals surface area contributed by atoms with Crippen LogP contribution >= 0.6 is 0 Å². The Hall–Kier alpha value is -1.07. The fraction of sp³-hybridized carbons (Fsp3) is 0.893. The summed E-state index contributed by atoms with van der Waals surface area (Å²) >= 11 is 0. The summed E-state index contributed by atoms with van der Waals surface area (Å²) in [6, 6.07) is 0. The minimum absolute atomic E-state index is 0.0813. The summed E-state index contributed by atoms with van der Waals surface area (Å²) in [4.78, 5) is 11.8. The van der Waals surface area contributed by atoms with E-state index in [1.807, 2.05) is 0 Å². The van der Waals surface area contributed by atoms with Crippen LogP contribution in [0.15, 0.2) is 11.6 Å². The second-order valence-corrected chi connectivity index (χ2v) is 13.3. The molecule has 5 N–H and O–H groups in total. The Bertz CT molecular complexity index is 969. The monoisotopic (exact) mass is 522 g/mol. The van der Waals surface area contributed by atoms with E-state index in [4.69, 9.17) is 14.2 Å². The molecule has 0 spiro atoms. The number of aliphatic hydroxyl groups excluding tert-OH is 3. The van der Waals surface area contributed by atoms with Crippen molar-refractivity contribution < 1.29 is 44.5 Å². The van der Waals surface area contributed by atoms with Crippen LogP contribution in [0.3, 0.4) is 0 Å². The van der Waals surface area contributed by atoms with Crippen molar-refractivity contribution in [2.45, 2.75) is 114 Å². The van der Waals surface area contributed by atoms with E-state index < -0.39 is 35.8 Å². The molecule has 9 nitrogen and oxygen atoms in total. The molecule has 2 heterocycles. The van der Waals surface area contributed by atoms with E-state index in [9.17, 15) is 30.3 Å². The number of aliphatic hydroxyl groups is 5. The molecule has 0 radical (unpaired) electrons. The van der Waals surface area contributed by atoms with Gasteiger partial charge in [0.2, 0.25) is 0 Å². The molecule has 0 amide bonds. The molecule has 4 aliphatic carbocycles. The van der Waals surface area contributed by atoms with Gasteiger partial charge in [0.25, 0.3) is 0 Å². The molecular weight excluding hydrogens is 480 g/mol. The third-order valence-corrected chi connectivity index (χ3v) is 11.9. The maximum atomic E-state index is 12.3. The Morgan fingerprint density at radius 1 is 0.919 bits per heavy atom. The first kappa shape index (κ1) is 26.2. The maximum Gasteiger partial charge on any atom is 0.331 e. The predicted octanol–water partition coefficient (Wildman–Crippen LogP) is 1.18. The summed E-state index contributed by atoms with van der Waals surface area (Å²) in [5, 5.41) is 54.5. The Labute approximate surface area is 217 Å². The van der Waals surface area contributed by atoms with Crippen LogP contribution in [0.4, 0.5) is 0 Å². The molecule has 5 fully saturated rings. The van der Waals surface area contributed by atoms with Gasteiger partial charge < -0.3 is 39.7 Å². The summed E-state index contributed by atoms with van der Waals surface area (Å²) in [6.07, 6.45) is 2.83. The van der Waals surface area contributed by atoms with E-state index in [0.29, 0.717) is 32.3 Å². The normalized spacial score (nSPS) is 55.6. The summed E-state index contributed by atoms with van der Waals surface area (Å²) < 4.78 is 16.7. The average molecular weight is 523 g/mol. The van der Waals surface area contributed by atoms with Crippen molar-refractivity contribution >= 4 is 5.97 Å². The zero-order valence-corrected chi connectivity index (χ0v) is 21.8. The molecule has 2 aliphatic heterocycles. The van der Waals surface area contributed by atoms with Crippen molar-refractivity contribution in [3.05, 3.63) is 11.6 Å². The van der Waals surface area contributed by atoms with E-state index in [0.717, 1.165) is 37.7 Å². The number of fused-ring (bicyclic) bond motifs is 5. The van der Waals surface area contributed by atoms with Gasteiger partial charge in [-0.15, -0.1) is 0 Å². The van der Waals surface area contributed by atoms with Crippen molar-refractivity contribution in [2.24, 2.45) is 28.6 Å². The first-order valence-corrected chi connectivity index (χ1v) is 14.1. The number of cyclic esters (lactones) is 1. The Morgan fingerprint density at radius 3 is 2.38 bits per heavy atom. The van der Waals surface area contributed by atoms with Crippen LogP contribution in [-0.4, -0.2) is 86.6 Å². The van der Waals surface area contributed by atoms with Crippen molar-refractivity contribution in [3.8, 4) is 0 Å². The lowest BCUT2D eigenvalue weighted by molar-refractivity contribution is -0.304. The van der Waals surface area contributed by atoms with Gasteiger partial charge in [-0.2, -0.15) is 0 Å². The van der Waals surface area contributed by atoms with Crippen LogP contribution < -0.4 is 0 Å². The summed E-state index contributed by atoms with van der Waals surface area (Å²) in [5.74, 6) is 0.109. The lowest BCUT2D eigenvalue weighted by Crippen LogP contribution is -2.67. The van der Waals surface area contributed by atoms with Crippen molar-refractivity contribution in [3.63, 3.8) is 0 Å². The minimum atomic E-state index is -1.35. The number of ether oxygens (including phenoxy) is 3. The highest BCUT2D eigenvalue weighted by Gasteiger charge is 2.70. The zero-order chi connectivity index (χ0) is 26.4. The van der Waals surface area contributed by atoms with Gasteiger partial charge in [-0.05, 0) is 80.1 Å². The number of carbonyl (C=O) groups excluding carboxylic acids is 1. The van der Waals surface area contributed by atoms with E-state index >= 15 is 0 Å². The lowest BCUT2D eigenvalue weighted by atomic mass is 9.42. The molecule has 37 heavy (non-hydrogen) atoms. The van der Waals surface area contributed by atoms with Crippen LogP contribution in [-0.2, 0) is 19.0 Å². The van der Waals surface area contributed by atoms with Gasteiger partial charge in [-0.3, -0.25) is 0 Å². The van der Waals surface area contributed by atoms with E-state index in [1.54, 1.807) is 6.08 Å². The first-order chi connectivity index (χ1) is 17.4. The molecular formula is C28H42O9. The van der Waals surface area contributed by atoms with E-state index in [2.05, 4.69) is 13.8 Å². The zero-order valence-electron chi connectivity index (χ0n) is 21.8. The number of esters is 1. The van der Waals surface area contributed by atoms with Crippen molar-refractivity contribution in [1.29, 1.82) is 0 Å². The first-order valence-electron chi connectivity index (χ1n) is 14.1. The number of hydrogen-bond acceptors (Lipinski definition) is 9. The predicted molar refractivity (Wildman–Crippen MR) is 130 cm³/mol. The molecule has 6 aliphatic rings. The van der Waals surface area contributed by atoms with E-state index in [-0.39, 0.29) is 47.3 Å². The van der Waals surface area contributed by atoms with Gasteiger partial charge in [0.1, 0.15) is 24.9 Å². The Morgan fingerprint density at radius 2 is 1.65 bits per heavy atom. The third-order valence-electron chi connectivity index (χ3n) is 11.9. The second kappa shape index (κ2) is 8.71. The molecule has 9 heteroatoms. The molecule has 0 unspecified atom stereocenters. The smallest absolute Gasteiger partial charge is 0.331 e. The summed E-state index contributed by atoms with van der Waals surface area (Å²) in [7, 11) is 0. The third kappa shape index (κ3) is 3.65. The molecule has 1 saturated heterocycles. The fourth-order valence-corrected chi connectivity index (χ4v) is 9.57. The molecule has 0 aromatic carbocycles. The van der Waals surface area contributed by atoms with Gasteiger partial charge >= 0.3 is 5.97 Å². The van der Waals surface area contributed by atoms with Crippen LogP contribution in [0.1, 0.15) is 71.6 Å². The number of carbonyl (C=O) groups is 1. The van der Waals surface area contributed by atoms with Gasteiger partial charge in [0.15, 0.2) is 6.29 Å². The Kier molecular flexibility index (Phi) is 6.16. The topological polar surface area (TPSA) is 146 Å². The highest BCUT2D eigenvalue weighted by Crippen LogP contribution is 2.70. The fourth-order valence-electron chi connectivity index (χ4n) is 9.57. The maximum absolute atomic E-state index is 12.3. The number of rotatable bonds is 3. The van der Waals surface area contributed by atoms with Crippen LogP contribution in [0.5, 0.6) is 0 Å². The van der Waals surface area contributed by atoms with Gasteiger partial charge in [-0.1, -0.05) is 13.8 Å². The largest absolute Gasteiger partial charge is 0.458 e. The molecule has 12 atom stereocenters. The van der Waals surface area contributed by atoms with Crippen LogP contribution in [0, 0.1) is 28.6 Å². The molecule has 6 rings (SSSR count). The highest BCUT2D eigenvalue weighted by atomic mass is 16.7. The summed E-state index contributed by atoms with van der Waals surface area (Å²) in [5.41, 5.74) is -1.49. The standard InChI is InChI=1S/C28H42O9/c1-25-7-3-16(37-24-23(32)22(31)20(29)14-36-24)12-27(25,33)9-5-19-18(25)4-8-26(2)17(6-10-28(19,26)34)15-11-21(30)35-13-15/h11,16-20,22-24,29,31-34H,3-10,12-14H2,1-2H3/t16-,17+,18-,19+,20+,22-,23+,24-,25+,26+,27-,28-/m0/s1. The van der Waals surface area contributed by atoms with Crippen LogP contribution in [0.2, 0.25) is 0 Å². The van der Waals surface area contributed by atoms with Gasteiger partial charge in [0.05, 0.1) is 23.9 Å². The lowest BCUT2D eigenvalue weighted by Gasteiger charge is -2.66.